The summed E-state index contributed by atoms with van der Waals surface area (Å²) in [7, 11) is 0. The summed E-state index contributed by atoms with van der Waals surface area (Å²) in [6.45, 7) is 4.41. The van der Waals surface area contributed by atoms with Gasteiger partial charge in [-0.25, -0.2) is 4.52 Å². The molecule has 4 nitrogen and oxygen atoms in total. The fraction of sp³-hybridized carbons (Fsp3) is 0.538. The van der Waals surface area contributed by atoms with Gasteiger partial charge in [0.1, 0.15) is 0 Å². The van der Waals surface area contributed by atoms with Crippen LogP contribution in [0.2, 0.25) is 0 Å². The third-order valence-electron chi connectivity index (χ3n) is 2.86. The van der Waals surface area contributed by atoms with Gasteiger partial charge in [0.05, 0.1) is 0 Å². The molecule has 2 rings (SSSR count). The zero-order chi connectivity index (χ0) is 12.1. The lowest BCUT2D eigenvalue weighted by molar-refractivity contribution is 0.612. The summed E-state index contributed by atoms with van der Waals surface area (Å²) < 4.78 is 1.79. The van der Waals surface area contributed by atoms with E-state index in [2.05, 4.69) is 29.2 Å². The molecule has 0 spiro atoms. The molecule has 1 unspecified atom stereocenters. The van der Waals surface area contributed by atoms with Gasteiger partial charge in [-0.15, -0.1) is 5.10 Å². The molecule has 2 aromatic heterocycles. The normalized spacial score (nSPS) is 12.8. The fourth-order valence-electron chi connectivity index (χ4n) is 1.89. The lowest BCUT2D eigenvalue weighted by Crippen LogP contribution is -2.15. The van der Waals surface area contributed by atoms with E-state index in [0.29, 0.717) is 6.04 Å². The quantitative estimate of drug-likeness (QED) is 0.778. The van der Waals surface area contributed by atoms with Crippen LogP contribution in [0.25, 0.3) is 5.65 Å². The molecule has 0 radical (unpaired) electrons. The lowest BCUT2D eigenvalue weighted by atomic mass is 10.1. The van der Waals surface area contributed by atoms with Crippen LogP contribution in [-0.4, -0.2) is 20.6 Å². The molecule has 0 saturated heterocycles. The molecule has 0 aliphatic rings. The molecule has 17 heavy (non-hydrogen) atoms. The molecular weight excluding hydrogens is 212 g/mol. The smallest absolute Gasteiger partial charge is 0.243 e. The molecule has 92 valence electrons. The van der Waals surface area contributed by atoms with Gasteiger partial charge in [0, 0.05) is 12.2 Å². The van der Waals surface area contributed by atoms with Crippen LogP contribution >= 0.6 is 0 Å². The Kier molecular flexibility index (Phi) is 3.96. The third kappa shape index (κ3) is 3.19. The number of hydrogen-bond donors (Lipinski definition) is 1. The van der Waals surface area contributed by atoms with Crippen molar-refractivity contribution in [2.24, 2.45) is 0 Å². The predicted molar refractivity (Wildman–Crippen MR) is 70.2 cm³/mol. The zero-order valence-corrected chi connectivity index (χ0v) is 10.6. The van der Waals surface area contributed by atoms with Crippen molar-refractivity contribution in [1.29, 1.82) is 0 Å². The van der Waals surface area contributed by atoms with Gasteiger partial charge in [-0.3, -0.25) is 0 Å². The highest BCUT2D eigenvalue weighted by atomic mass is 15.3. The summed E-state index contributed by atoms with van der Waals surface area (Å²) in [4.78, 5) is 4.42. The second-order valence-corrected chi connectivity index (χ2v) is 4.48. The van der Waals surface area contributed by atoms with Crippen LogP contribution in [0.4, 0.5) is 5.95 Å². The zero-order valence-electron chi connectivity index (χ0n) is 10.6. The summed E-state index contributed by atoms with van der Waals surface area (Å²) >= 11 is 0. The predicted octanol–water partition coefficient (Wildman–Crippen LogP) is 3.11. The van der Waals surface area contributed by atoms with Gasteiger partial charge in [-0.1, -0.05) is 32.3 Å². The number of nitrogens with one attached hydrogen (secondary N) is 1. The van der Waals surface area contributed by atoms with Crippen molar-refractivity contribution in [2.45, 2.75) is 45.6 Å². The number of pyridine rings is 1. The van der Waals surface area contributed by atoms with E-state index >= 15 is 0 Å². The van der Waals surface area contributed by atoms with Crippen molar-refractivity contribution >= 4 is 11.6 Å². The van der Waals surface area contributed by atoms with Crippen molar-refractivity contribution in [2.75, 3.05) is 5.32 Å². The van der Waals surface area contributed by atoms with Crippen LogP contribution in [0.5, 0.6) is 0 Å². The summed E-state index contributed by atoms with van der Waals surface area (Å²) in [5, 5.41) is 7.72. The first-order valence-electron chi connectivity index (χ1n) is 6.37. The number of anilines is 1. The Bertz CT molecular complexity index is 430. The van der Waals surface area contributed by atoms with Crippen molar-refractivity contribution in [3.8, 4) is 0 Å². The van der Waals surface area contributed by atoms with Crippen LogP contribution in [0.15, 0.2) is 24.4 Å². The van der Waals surface area contributed by atoms with Gasteiger partial charge in [0.2, 0.25) is 5.95 Å². The Labute approximate surface area is 102 Å². The van der Waals surface area contributed by atoms with Gasteiger partial charge >= 0.3 is 0 Å². The van der Waals surface area contributed by atoms with E-state index in [9.17, 15) is 0 Å². The molecule has 0 saturated carbocycles. The number of hydrogen-bond acceptors (Lipinski definition) is 3. The van der Waals surface area contributed by atoms with Gasteiger partial charge in [0.25, 0.3) is 0 Å². The number of aromatic nitrogens is 3. The highest BCUT2D eigenvalue weighted by Gasteiger charge is 2.06. The largest absolute Gasteiger partial charge is 0.350 e. The molecule has 2 heterocycles. The molecule has 0 fully saturated rings. The van der Waals surface area contributed by atoms with Gasteiger partial charge < -0.3 is 5.32 Å². The molecule has 1 atom stereocenters. The number of nitrogens with zero attached hydrogens (tertiary/aromatic N) is 3. The minimum Gasteiger partial charge on any atom is -0.350 e. The van der Waals surface area contributed by atoms with Gasteiger partial charge in [0.15, 0.2) is 5.65 Å². The summed E-state index contributed by atoms with van der Waals surface area (Å²) in [6, 6.07) is 6.31. The Morgan fingerprint density at radius 2 is 2.24 bits per heavy atom. The minimum absolute atomic E-state index is 0.430. The SMILES string of the molecule is CCCCCC(C)Nc1nc2ccccn2n1. The third-order valence-corrected chi connectivity index (χ3v) is 2.86. The van der Waals surface area contributed by atoms with Crippen molar-refractivity contribution < 1.29 is 0 Å². The van der Waals surface area contributed by atoms with Crippen molar-refractivity contribution in [3.63, 3.8) is 0 Å². The highest BCUT2D eigenvalue weighted by Crippen LogP contribution is 2.09. The van der Waals surface area contributed by atoms with Gasteiger partial charge in [-0.2, -0.15) is 4.98 Å². The second-order valence-electron chi connectivity index (χ2n) is 4.48. The first kappa shape index (κ1) is 11.9. The molecule has 2 aromatic rings. The van der Waals surface area contributed by atoms with E-state index in [1.54, 1.807) is 4.52 Å². The number of rotatable bonds is 6. The molecule has 4 heteroatoms. The van der Waals surface area contributed by atoms with Crippen molar-refractivity contribution in [3.05, 3.63) is 24.4 Å². The summed E-state index contributed by atoms with van der Waals surface area (Å²) in [5.74, 6) is 0.722. The summed E-state index contributed by atoms with van der Waals surface area (Å²) in [5.41, 5.74) is 0.885. The Hall–Kier alpha value is -1.58. The maximum Gasteiger partial charge on any atom is 0.243 e. The average molecular weight is 232 g/mol. The Morgan fingerprint density at radius 3 is 3.00 bits per heavy atom. The van der Waals surface area contributed by atoms with E-state index in [0.717, 1.165) is 11.6 Å². The maximum atomic E-state index is 4.42. The van der Waals surface area contributed by atoms with Crippen LogP contribution in [0, 0.1) is 0 Å². The van der Waals surface area contributed by atoms with Gasteiger partial charge in [-0.05, 0) is 25.5 Å². The van der Waals surface area contributed by atoms with Crippen LogP contribution in [0.1, 0.15) is 39.5 Å². The monoisotopic (exact) mass is 232 g/mol. The van der Waals surface area contributed by atoms with Crippen LogP contribution < -0.4 is 5.32 Å². The van der Waals surface area contributed by atoms with E-state index in [4.69, 9.17) is 0 Å². The highest BCUT2D eigenvalue weighted by molar-refractivity contribution is 5.43. The molecule has 0 bridgehead atoms. The maximum absolute atomic E-state index is 4.42. The average Bonchev–Trinajstić information content (AvgIpc) is 2.71. The number of unbranched alkanes of at least 4 members (excludes halogenated alkanes) is 2. The first-order chi connectivity index (χ1) is 8.29. The Morgan fingerprint density at radius 1 is 1.35 bits per heavy atom. The van der Waals surface area contributed by atoms with Crippen molar-refractivity contribution in [1.82, 2.24) is 14.6 Å². The minimum atomic E-state index is 0.430. The molecule has 0 aliphatic heterocycles. The molecular formula is C13H20N4. The summed E-state index contributed by atoms with van der Waals surface area (Å²) in [6.07, 6.45) is 6.90. The van der Waals surface area contributed by atoms with E-state index in [-0.39, 0.29) is 0 Å². The molecule has 0 amide bonds. The van der Waals surface area contributed by atoms with E-state index in [1.807, 2.05) is 24.4 Å². The topological polar surface area (TPSA) is 42.2 Å². The molecule has 1 N–H and O–H groups in total. The van der Waals surface area contributed by atoms with Crippen LogP contribution in [0.3, 0.4) is 0 Å². The first-order valence-corrected chi connectivity index (χ1v) is 6.37. The Balaban J connectivity index is 1.93. The molecule has 0 aliphatic carbocycles. The fourth-order valence-corrected chi connectivity index (χ4v) is 1.89. The number of fused-ring (bicyclic) bond motifs is 1. The van der Waals surface area contributed by atoms with E-state index in [1.165, 1.54) is 25.7 Å². The lowest BCUT2D eigenvalue weighted by Gasteiger charge is -2.11. The van der Waals surface area contributed by atoms with E-state index < -0.39 is 0 Å². The standard InChI is InChI=1S/C13H20N4/c1-3-4-5-8-11(2)14-13-15-12-9-6-7-10-17(12)16-13/h6-7,9-11H,3-5,8H2,1-2H3,(H,14,16). The molecule has 0 aromatic carbocycles. The van der Waals surface area contributed by atoms with Crippen LogP contribution in [-0.2, 0) is 0 Å². The second kappa shape index (κ2) is 5.66.